The van der Waals surface area contributed by atoms with Gasteiger partial charge in [0.1, 0.15) is 0 Å². The van der Waals surface area contributed by atoms with Crippen molar-refractivity contribution in [3.05, 3.63) is 11.7 Å². The molecule has 0 saturated heterocycles. The van der Waals surface area contributed by atoms with Gasteiger partial charge in [-0.15, -0.1) is 0 Å². The summed E-state index contributed by atoms with van der Waals surface area (Å²) in [7, 11) is 0. The van der Waals surface area contributed by atoms with Crippen LogP contribution in [0.5, 0.6) is 0 Å². The van der Waals surface area contributed by atoms with E-state index in [-0.39, 0.29) is 12.6 Å². The minimum absolute atomic E-state index is 0.0281. The normalized spacial score (nSPS) is 13.2. The monoisotopic (exact) mass is 171 g/mol. The lowest BCUT2D eigenvalue weighted by Gasteiger charge is -1.98. The third-order valence-electron chi connectivity index (χ3n) is 1.58. The first-order valence-corrected chi connectivity index (χ1v) is 3.96. The quantitative estimate of drug-likeness (QED) is 0.666. The SMILES string of the molecule is CC[C@@H](N)c1nc(CCO)no1. The van der Waals surface area contributed by atoms with Gasteiger partial charge >= 0.3 is 0 Å². The van der Waals surface area contributed by atoms with Gasteiger partial charge in [0.15, 0.2) is 5.82 Å². The highest BCUT2D eigenvalue weighted by molar-refractivity contribution is 4.91. The second kappa shape index (κ2) is 4.18. The van der Waals surface area contributed by atoms with Gasteiger partial charge in [-0.2, -0.15) is 4.98 Å². The molecule has 0 aromatic carbocycles. The maximum atomic E-state index is 8.57. The van der Waals surface area contributed by atoms with Gasteiger partial charge in [-0.25, -0.2) is 0 Å². The van der Waals surface area contributed by atoms with E-state index in [4.69, 9.17) is 15.4 Å². The summed E-state index contributed by atoms with van der Waals surface area (Å²) in [4.78, 5) is 4.01. The molecule has 5 heteroatoms. The molecule has 0 spiro atoms. The smallest absolute Gasteiger partial charge is 0.243 e. The topological polar surface area (TPSA) is 85.2 Å². The van der Waals surface area contributed by atoms with Gasteiger partial charge in [-0.1, -0.05) is 12.1 Å². The van der Waals surface area contributed by atoms with Crippen molar-refractivity contribution >= 4 is 0 Å². The van der Waals surface area contributed by atoms with Gasteiger partial charge in [0.05, 0.1) is 12.6 Å². The van der Waals surface area contributed by atoms with Crippen LogP contribution in [0.4, 0.5) is 0 Å². The highest BCUT2D eigenvalue weighted by Gasteiger charge is 2.11. The summed E-state index contributed by atoms with van der Waals surface area (Å²) < 4.78 is 4.87. The van der Waals surface area contributed by atoms with Crippen molar-refractivity contribution in [3.8, 4) is 0 Å². The maximum Gasteiger partial charge on any atom is 0.243 e. The molecule has 0 aliphatic carbocycles. The fourth-order valence-electron chi connectivity index (χ4n) is 0.794. The van der Waals surface area contributed by atoms with Crippen LogP contribution in [0.25, 0.3) is 0 Å². The van der Waals surface area contributed by atoms with Crippen LogP contribution in [0.3, 0.4) is 0 Å². The van der Waals surface area contributed by atoms with Crippen molar-refractivity contribution in [2.75, 3.05) is 6.61 Å². The maximum absolute atomic E-state index is 8.57. The molecular formula is C7H13N3O2. The molecule has 0 fully saturated rings. The van der Waals surface area contributed by atoms with Crippen molar-refractivity contribution in [1.29, 1.82) is 0 Å². The Bertz CT molecular complexity index is 236. The molecule has 0 saturated carbocycles. The molecule has 1 heterocycles. The van der Waals surface area contributed by atoms with Crippen molar-refractivity contribution in [2.24, 2.45) is 5.73 Å². The van der Waals surface area contributed by atoms with Crippen molar-refractivity contribution in [2.45, 2.75) is 25.8 Å². The van der Waals surface area contributed by atoms with Gasteiger partial charge < -0.3 is 15.4 Å². The van der Waals surface area contributed by atoms with E-state index < -0.39 is 0 Å². The van der Waals surface area contributed by atoms with E-state index in [1.807, 2.05) is 6.92 Å². The fourth-order valence-corrected chi connectivity index (χ4v) is 0.794. The summed E-state index contributed by atoms with van der Waals surface area (Å²) in [6.45, 7) is 1.97. The second-order valence-corrected chi connectivity index (χ2v) is 2.54. The molecule has 3 N–H and O–H groups in total. The lowest BCUT2D eigenvalue weighted by Crippen LogP contribution is -2.09. The zero-order valence-electron chi connectivity index (χ0n) is 7.03. The first-order chi connectivity index (χ1) is 5.77. The molecule has 0 unspecified atom stereocenters. The largest absolute Gasteiger partial charge is 0.396 e. The average Bonchev–Trinajstić information content (AvgIpc) is 2.52. The molecule has 1 aromatic rings. The van der Waals surface area contributed by atoms with Crippen LogP contribution in [0.2, 0.25) is 0 Å². The van der Waals surface area contributed by atoms with Crippen molar-refractivity contribution in [3.63, 3.8) is 0 Å². The van der Waals surface area contributed by atoms with Gasteiger partial charge in [0, 0.05) is 6.42 Å². The first kappa shape index (κ1) is 9.15. The minimum Gasteiger partial charge on any atom is -0.396 e. The van der Waals surface area contributed by atoms with Gasteiger partial charge in [0.25, 0.3) is 0 Å². The summed E-state index contributed by atoms with van der Waals surface area (Å²) in [6.07, 6.45) is 1.18. The Balaban J connectivity index is 2.63. The highest BCUT2D eigenvalue weighted by Crippen LogP contribution is 2.10. The first-order valence-electron chi connectivity index (χ1n) is 3.96. The van der Waals surface area contributed by atoms with Crippen LogP contribution in [0, 0.1) is 0 Å². The number of hydrogen-bond donors (Lipinski definition) is 2. The number of aromatic nitrogens is 2. The molecule has 5 nitrogen and oxygen atoms in total. The number of aliphatic hydroxyl groups is 1. The second-order valence-electron chi connectivity index (χ2n) is 2.54. The predicted octanol–water partition coefficient (Wildman–Crippen LogP) is 0.0142. The third-order valence-corrected chi connectivity index (χ3v) is 1.58. The van der Waals surface area contributed by atoms with E-state index in [1.165, 1.54) is 0 Å². The Hall–Kier alpha value is -0.940. The molecular weight excluding hydrogens is 158 g/mol. The van der Waals surface area contributed by atoms with Crippen LogP contribution in [0.15, 0.2) is 4.52 Å². The Kier molecular flexibility index (Phi) is 3.19. The minimum atomic E-state index is -0.190. The molecule has 0 bridgehead atoms. The number of hydrogen-bond acceptors (Lipinski definition) is 5. The Labute approximate surface area is 70.6 Å². The Morgan fingerprint density at radius 1 is 1.67 bits per heavy atom. The van der Waals surface area contributed by atoms with Crippen LogP contribution in [-0.4, -0.2) is 21.9 Å². The molecule has 0 radical (unpaired) electrons. The van der Waals surface area contributed by atoms with E-state index >= 15 is 0 Å². The summed E-state index contributed by atoms with van der Waals surface area (Å²) in [5.74, 6) is 0.956. The van der Waals surface area contributed by atoms with E-state index in [0.29, 0.717) is 18.1 Å². The molecule has 1 atom stereocenters. The lowest BCUT2D eigenvalue weighted by molar-refractivity contribution is 0.292. The van der Waals surface area contributed by atoms with Gasteiger partial charge in [-0.3, -0.25) is 0 Å². The molecule has 0 amide bonds. The van der Waals surface area contributed by atoms with E-state index in [9.17, 15) is 0 Å². The number of nitrogens with two attached hydrogens (primary N) is 1. The summed E-state index contributed by atoms with van der Waals surface area (Å²) in [5.41, 5.74) is 5.65. The van der Waals surface area contributed by atoms with E-state index in [0.717, 1.165) is 6.42 Å². The Morgan fingerprint density at radius 2 is 2.42 bits per heavy atom. The van der Waals surface area contributed by atoms with Gasteiger partial charge in [-0.05, 0) is 6.42 Å². The van der Waals surface area contributed by atoms with Crippen LogP contribution in [0.1, 0.15) is 31.1 Å². The van der Waals surface area contributed by atoms with Crippen LogP contribution in [-0.2, 0) is 6.42 Å². The van der Waals surface area contributed by atoms with E-state index in [1.54, 1.807) is 0 Å². The van der Waals surface area contributed by atoms with Crippen molar-refractivity contribution < 1.29 is 9.63 Å². The van der Waals surface area contributed by atoms with Crippen LogP contribution < -0.4 is 5.73 Å². The lowest BCUT2D eigenvalue weighted by atomic mass is 10.2. The zero-order chi connectivity index (χ0) is 8.97. The number of aliphatic hydroxyl groups excluding tert-OH is 1. The van der Waals surface area contributed by atoms with Crippen molar-refractivity contribution in [1.82, 2.24) is 10.1 Å². The van der Waals surface area contributed by atoms with E-state index in [2.05, 4.69) is 10.1 Å². The molecule has 1 aromatic heterocycles. The number of rotatable bonds is 4. The fraction of sp³-hybridized carbons (Fsp3) is 0.714. The highest BCUT2D eigenvalue weighted by atomic mass is 16.5. The molecule has 68 valence electrons. The zero-order valence-corrected chi connectivity index (χ0v) is 7.03. The standard InChI is InChI=1S/C7H13N3O2/c1-2-5(8)7-9-6(3-4-11)10-12-7/h5,11H,2-4,8H2,1H3/t5-/m1/s1. The number of nitrogens with zero attached hydrogens (tertiary/aromatic N) is 2. The van der Waals surface area contributed by atoms with Crippen LogP contribution >= 0.6 is 0 Å². The predicted molar refractivity (Wildman–Crippen MR) is 42.3 cm³/mol. The molecule has 0 aliphatic rings. The molecule has 0 aliphatic heterocycles. The third kappa shape index (κ3) is 2.02. The molecule has 12 heavy (non-hydrogen) atoms. The summed E-state index contributed by atoms with van der Waals surface area (Å²) in [5, 5.41) is 12.2. The summed E-state index contributed by atoms with van der Waals surface area (Å²) >= 11 is 0. The molecule has 1 rings (SSSR count). The van der Waals surface area contributed by atoms with Gasteiger partial charge in [0.2, 0.25) is 5.89 Å². The average molecular weight is 171 g/mol. The Morgan fingerprint density at radius 3 is 3.00 bits per heavy atom. The summed E-state index contributed by atoms with van der Waals surface area (Å²) in [6, 6.07) is -0.190.